The molecule has 0 atom stereocenters. The number of nitrogen functional groups attached to an aromatic ring is 1. The summed E-state index contributed by atoms with van der Waals surface area (Å²) in [6, 6.07) is 6.45. The summed E-state index contributed by atoms with van der Waals surface area (Å²) in [5.74, 6) is 0. The molecule has 0 bridgehead atoms. The van der Waals surface area contributed by atoms with Gasteiger partial charge >= 0.3 is 6.18 Å². The Morgan fingerprint density at radius 2 is 1.76 bits per heavy atom. The van der Waals surface area contributed by atoms with Crippen LogP contribution in [0.1, 0.15) is 11.3 Å². The van der Waals surface area contributed by atoms with E-state index in [0.717, 1.165) is 0 Å². The van der Waals surface area contributed by atoms with E-state index in [-0.39, 0.29) is 5.56 Å². The van der Waals surface area contributed by atoms with Gasteiger partial charge < -0.3 is 5.73 Å². The number of nitrogens with zero attached hydrogens (tertiary/aromatic N) is 2. The van der Waals surface area contributed by atoms with E-state index in [2.05, 4.69) is 5.10 Å². The van der Waals surface area contributed by atoms with Gasteiger partial charge in [0.1, 0.15) is 0 Å². The predicted molar refractivity (Wildman–Crippen MR) is 57.7 cm³/mol. The van der Waals surface area contributed by atoms with Crippen molar-refractivity contribution in [1.82, 2.24) is 9.78 Å². The van der Waals surface area contributed by atoms with E-state index < -0.39 is 11.9 Å². The first-order valence-electron chi connectivity index (χ1n) is 4.87. The highest BCUT2D eigenvalue weighted by atomic mass is 19.4. The molecule has 2 aromatic rings. The molecule has 0 saturated heterocycles. The summed E-state index contributed by atoms with van der Waals surface area (Å²) in [5, 5.41) is 3.53. The molecular formula is C11H10F3N3. The molecule has 0 spiro atoms. The van der Waals surface area contributed by atoms with Gasteiger partial charge in [-0.25, -0.2) is 4.68 Å². The van der Waals surface area contributed by atoms with Crippen LogP contribution < -0.4 is 5.73 Å². The predicted octanol–water partition coefficient (Wildman–Crippen LogP) is 2.78. The van der Waals surface area contributed by atoms with Crippen molar-refractivity contribution in [2.75, 3.05) is 5.73 Å². The highest BCUT2D eigenvalue weighted by Crippen LogP contribution is 2.30. The van der Waals surface area contributed by atoms with Gasteiger partial charge in [-0.15, -0.1) is 0 Å². The van der Waals surface area contributed by atoms with Crippen molar-refractivity contribution in [2.45, 2.75) is 13.1 Å². The smallest absolute Gasteiger partial charge is 0.399 e. The molecule has 0 amide bonds. The molecule has 0 unspecified atom stereocenters. The van der Waals surface area contributed by atoms with Crippen LogP contribution >= 0.6 is 0 Å². The molecule has 3 nitrogen and oxygen atoms in total. The largest absolute Gasteiger partial charge is 0.435 e. The van der Waals surface area contributed by atoms with Crippen LogP contribution in [0.3, 0.4) is 0 Å². The highest BCUT2D eigenvalue weighted by molar-refractivity contribution is 5.45. The summed E-state index contributed by atoms with van der Waals surface area (Å²) >= 11 is 0. The number of aryl methyl sites for hydroxylation is 1. The molecule has 17 heavy (non-hydrogen) atoms. The third kappa shape index (κ3) is 2.25. The number of aromatic nitrogens is 2. The van der Waals surface area contributed by atoms with Gasteiger partial charge in [0.05, 0.1) is 5.69 Å². The van der Waals surface area contributed by atoms with Gasteiger partial charge in [0, 0.05) is 11.9 Å². The molecule has 6 heteroatoms. The first kappa shape index (κ1) is 11.5. The Bertz CT molecular complexity index is 526. The van der Waals surface area contributed by atoms with Crippen LogP contribution in [0, 0.1) is 6.92 Å². The summed E-state index contributed by atoms with van der Waals surface area (Å²) in [4.78, 5) is 0. The number of rotatable bonds is 1. The second kappa shape index (κ2) is 3.80. The second-order valence-corrected chi connectivity index (χ2v) is 3.69. The number of hydrogen-bond acceptors (Lipinski definition) is 2. The highest BCUT2D eigenvalue weighted by Gasteiger charge is 2.35. The van der Waals surface area contributed by atoms with Crippen molar-refractivity contribution in [3.05, 3.63) is 41.7 Å². The van der Waals surface area contributed by atoms with Gasteiger partial charge in [-0.3, -0.25) is 0 Å². The fourth-order valence-electron chi connectivity index (χ4n) is 1.50. The Hall–Kier alpha value is -1.98. The van der Waals surface area contributed by atoms with Crippen LogP contribution in [-0.4, -0.2) is 9.78 Å². The number of anilines is 1. The summed E-state index contributed by atoms with van der Waals surface area (Å²) in [7, 11) is 0. The normalized spacial score (nSPS) is 11.8. The summed E-state index contributed by atoms with van der Waals surface area (Å²) < 4.78 is 38.8. The minimum atomic E-state index is -4.43. The first-order valence-corrected chi connectivity index (χ1v) is 4.87. The van der Waals surface area contributed by atoms with Gasteiger partial charge in [-0.2, -0.15) is 18.3 Å². The van der Waals surface area contributed by atoms with Crippen molar-refractivity contribution in [3.8, 4) is 5.69 Å². The minimum absolute atomic E-state index is 0.0920. The van der Waals surface area contributed by atoms with Crippen molar-refractivity contribution in [1.29, 1.82) is 0 Å². The average molecular weight is 241 g/mol. The third-order valence-electron chi connectivity index (χ3n) is 2.32. The molecule has 2 N–H and O–H groups in total. The topological polar surface area (TPSA) is 43.8 Å². The van der Waals surface area contributed by atoms with Crippen molar-refractivity contribution in [2.24, 2.45) is 0 Å². The number of halogens is 3. The molecule has 0 aliphatic rings. The van der Waals surface area contributed by atoms with Crippen LogP contribution in [0.2, 0.25) is 0 Å². The fourth-order valence-corrected chi connectivity index (χ4v) is 1.50. The van der Waals surface area contributed by atoms with Gasteiger partial charge in [0.15, 0.2) is 5.69 Å². The van der Waals surface area contributed by atoms with Crippen LogP contribution in [0.15, 0.2) is 30.5 Å². The van der Waals surface area contributed by atoms with E-state index in [9.17, 15) is 13.2 Å². The van der Waals surface area contributed by atoms with Gasteiger partial charge in [-0.1, -0.05) is 0 Å². The Kier molecular flexibility index (Phi) is 2.57. The lowest BCUT2D eigenvalue weighted by Crippen LogP contribution is -2.08. The fraction of sp³-hybridized carbons (Fsp3) is 0.182. The second-order valence-electron chi connectivity index (χ2n) is 3.69. The van der Waals surface area contributed by atoms with Gasteiger partial charge in [0.2, 0.25) is 0 Å². The molecule has 2 rings (SSSR count). The standard InChI is InChI=1S/C11H10F3N3/c1-7-6-17(16-10(7)11(12,13)14)9-4-2-8(15)3-5-9/h2-6H,15H2,1H3. The summed E-state index contributed by atoms with van der Waals surface area (Å²) in [6.45, 7) is 1.38. The van der Waals surface area contributed by atoms with Crippen molar-refractivity contribution < 1.29 is 13.2 Å². The van der Waals surface area contributed by atoms with Crippen molar-refractivity contribution >= 4 is 5.69 Å². The molecule has 1 aromatic heterocycles. The van der Waals surface area contributed by atoms with E-state index in [0.29, 0.717) is 11.4 Å². The maximum absolute atomic E-state index is 12.5. The van der Waals surface area contributed by atoms with E-state index in [1.807, 2.05) is 0 Å². The Labute approximate surface area is 95.7 Å². The zero-order valence-corrected chi connectivity index (χ0v) is 8.99. The number of nitrogens with two attached hydrogens (primary N) is 1. The molecule has 0 aliphatic carbocycles. The molecule has 0 fully saturated rings. The SMILES string of the molecule is Cc1cn(-c2ccc(N)cc2)nc1C(F)(F)F. The molecule has 1 aromatic carbocycles. The zero-order valence-electron chi connectivity index (χ0n) is 8.99. The Morgan fingerprint density at radius 1 is 1.18 bits per heavy atom. The van der Waals surface area contributed by atoms with Crippen molar-refractivity contribution in [3.63, 3.8) is 0 Å². The van der Waals surface area contributed by atoms with Crippen LogP contribution in [-0.2, 0) is 6.18 Å². The van der Waals surface area contributed by atoms with Gasteiger partial charge in [0.25, 0.3) is 0 Å². The first-order chi connectivity index (χ1) is 7.88. The summed E-state index contributed by atoms with van der Waals surface area (Å²) in [6.07, 6.45) is -3.09. The zero-order chi connectivity index (χ0) is 12.6. The number of hydrogen-bond donors (Lipinski definition) is 1. The minimum Gasteiger partial charge on any atom is -0.399 e. The van der Waals surface area contributed by atoms with Crippen LogP contribution in [0.25, 0.3) is 5.69 Å². The van der Waals surface area contributed by atoms with E-state index in [1.54, 1.807) is 24.3 Å². The average Bonchev–Trinajstić information content (AvgIpc) is 2.61. The maximum Gasteiger partial charge on any atom is 0.435 e. The lowest BCUT2D eigenvalue weighted by molar-refractivity contribution is -0.141. The number of benzene rings is 1. The van der Waals surface area contributed by atoms with Crippen LogP contribution in [0.4, 0.5) is 18.9 Å². The van der Waals surface area contributed by atoms with E-state index in [4.69, 9.17) is 5.73 Å². The molecular weight excluding hydrogens is 231 g/mol. The van der Waals surface area contributed by atoms with Gasteiger partial charge in [-0.05, 0) is 36.8 Å². The van der Waals surface area contributed by atoms with E-state index in [1.165, 1.54) is 17.8 Å². The number of alkyl halides is 3. The lowest BCUT2D eigenvalue weighted by Gasteiger charge is -2.03. The summed E-state index contributed by atoms with van der Waals surface area (Å²) in [5.41, 5.74) is 5.81. The quantitative estimate of drug-likeness (QED) is 0.780. The molecule has 0 aliphatic heterocycles. The third-order valence-corrected chi connectivity index (χ3v) is 2.32. The lowest BCUT2D eigenvalue weighted by atomic mass is 10.3. The molecule has 0 saturated carbocycles. The van der Waals surface area contributed by atoms with Crippen LogP contribution in [0.5, 0.6) is 0 Å². The Morgan fingerprint density at radius 3 is 2.24 bits per heavy atom. The monoisotopic (exact) mass is 241 g/mol. The van der Waals surface area contributed by atoms with E-state index >= 15 is 0 Å². The molecule has 1 heterocycles. The maximum atomic E-state index is 12.5. The Balaban J connectivity index is 2.45. The molecule has 0 radical (unpaired) electrons. The molecule has 90 valence electrons.